The normalized spacial score (nSPS) is 10.6. The quantitative estimate of drug-likeness (QED) is 0.823. The smallest absolute Gasteiger partial charge is 0.223 e. The minimum absolute atomic E-state index is 0.121. The van der Waals surface area contributed by atoms with Gasteiger partial charge in [0.05, 0.1) is 12.8 Å². The largest absolute Gasteiger partial charge is 0.494 e. The summed E-state index contributed by atoms with van der Waals surface area (Å²) in [5.41, 5.74) is 1.80. The fourth-order valence-corrected chi connectivity index (χ4v) is 2.06. The molecule has 2 rings (SSSR count). The monoisotopic (exact) mass is 287 g/mol. The lowest BCUT2D eigenvalue weighted by molar-refractivity contribution is -0.128. The number of fused-ring (bicyclic) bond motifs is 1. The second kappa shape index (κ2) is 7.04. The molecule has 0 radical (unpaired) electrons. The number of carbonyl (C=O) groups is 1. The molecule has 2 aromatic rings. The summed E-state index contributed by atoms with van der Waals surface area (Å²) in [6.45, 7) is 1.28. The lowest BCUT2D eigenvalue weighted by atomic mass is 10.2. The molecule has 0 atom stereocenters. The molecule has 0 spiro atoms. The van der Waals surface area contributed by atoms with E-state index >= 15 is 0 Å². The molecule has 1 heterocycles. The molecule has 1 aromatic carbocycles. The van der Waals surface area contributed by atoms with Gasteiger partial charge in [0, 0.05) is 39.0 Å². The number of hydrogen-bond donors (Lipinski definition) is 1. The maximum Gasteiger partial charge on any atom is 0.223 e. The molecule has 0 unspecified atom stereocenters. The van der Waals surface area contributed by atoms with Crippen LogP contribution in [0.1, 0.15) is 12.1 Å². The fraction of sp³-hybridized carbons (Fsp3) is 0.375. The summed E-state index contributed by atoms with van der Waals surface area (Å²) in [6.07, 6.45) is 0.490. The summed E-state index contributed by atoms with van der Waals surface area (Å²) in [4.78, 5) is 17.7. The number of hydrogen-bond acceptors (Lipinski definition) is 4. The van der Waals surface area contributed by atoms with E-state index in [9.17, 15) is 4.79 Å². The number of benzene rings is 1. The molecule has 1 N–H and O–H groups in total. The third kappa shape index (κ3) is 3.92. The maximum absolute atomic E-state index is 11.5. The number of nitrogens with one attached hydrogen (secondary N) is 1. The van der Waals surface area contributed by atoms with Crippen LogP contribution in [0.25, 0.3) is 10.9 Å². The standard InChI is InChI=1S/C16H21N3O2/c1-19(2)15(20)9-10-17-11-13-8-7-12-5-4-6-14(21-3)16(12)18-13/h4-8,17H,9-11H2,1-3H3. The Morgan fingerprint density at radius 1 is 1.29 bits per heavy atom. The van der Waals surface area contributed by atoms with E-state index in [1.54, 1.807) is 26.1 Å². The Labute approximate surface area is 124 Å². The van der Waals surface area contributed by atoms with E-state index in [4.69, 9.17) is 4.74 Å². The molecule has 1 aromatic heterocycles. The lowest BCUT2D eigenvalue weighted by Crippen LogP contribution is -2.26. The van der Waals surface area contributed by atoms with Crippen molar-refractivity contribution < 1.29 is 9.53 Å². The number of methoxy groups -OCH3 is 1. The topological polar surface area (TPSA) is 54.5 Å². The van der Waals surface area contributed by atoms with Crippen molar-refractivity contribution in [2.24, 2.45) is 0 Å². The van der Waals surface area contributed by atoms with Crippen LogP contribution in [-0.4, -0.2) is 43.5 Å². The Balaban J connectivity index is 1.98. The van der Waals surface area contributed by atoms with Crippen LogP contribution in [0.2, 0.25) is 0 Å². The number of pyridine rings is 1. The van der Waals surface area contributed by atoms with Crippen molar-refractivity contribution in [2.75, 3.05) is 27.7 Å². The lowest BCUT2D eigenvalue weighted by Gasteiger charge is -2.11. The molecular weight excluding hydrogens is 266 g/mol. The molecule has 5 heteroatoms. The van der Waals surface area contributed by atoms with Gasteiger partial charge in [-0.15, -0.1) is 0 Å². The number of para-hydroxylation sites is 1. The van der Waals surface area contributed by atoms with Gasteiger partial charge < -0.3 is 15.0 Å². The van der Waals surface area contributed by atoms with Crippen molar-refractivity contribution in [1.29, 1.82) is 0 Å². The molecule has 0 aliphatic rings. The van der Waals surface area contributed by atoms with Gasteiger partial charge in [0.1, 0.15) is 11.3 Å². The Morgan fingerprint density at radius 3 is 2.81 bits per heavy atom. The number of aromatic nitrogens is 1. The molecule has 0 aliphatic heterocycles. The van der Waals surface area contributed by atoms with Crippen LogP contribution >= 0.6 is 0 Å². The van der Waals surface area contributed by atoms with Crippen LogP contribution in [0.15, 0.2) is 30.3 Å². The Kier molecular flexibility index (Phi) is 5.11. The first-order valence-corrected chi connectivity index (χ1v) is 6.95. The van der Waals surface area contributed by atoms with E-state index in [0.29, 0.717) is 19.5 Å². The second-order valence-corrected chi connectivity index (χ2v) is 5.05. The van der Waals surface area contributed by atoms with Gasteiger partial charge >= 0.3 is 0 Å². The SMILES string of the molecule is COc1cccc2ccc(CNCCC(=O)N(C)C)nc12. The summed E-state index contributed by atoms with van der Waals surface area (Å²) in [5.74, 6) is 0.896. The molecule has 0 saturated heterocycles. The van der Waals surface area contributed by atoms with E-state index in [1.165, 1.54) is 0 Å². The van der Waals surface area contributed by atoms with Crippen molar-refractivity contribution in [2.45, 2.75) is 13.0 Å². The van der Waals surface area contributed by atoms with E-state index in [2.05, 4.69) is 10.3 Å². The van der Waals surface area contributed by atoms with Gasteiger partial charge in [-0.05, 0) is 12.1 Å². The third-order valence-corrected chi connectivity index (χ3v) is 3.28. The van der Waals surface area contributed by atoms with Gasteiger partial charge in [-0.1, -0.05) is 18.2 Å². The molecule has 112 valence electrons. The Morgan fingerprint density at radius 2 is 2.10 bits per heavy atom. The highest BCUT2D eigenvalue weighted by molar-refractivity contribution is 5.84. The highest BCUT2D eigenvalue weighted by Gasteiger charge is 2.05. The van der Waals surface area contributed by atoms with E-state index < -0.39 is 0 Å². The number of amides is 1. The van der Waals surface area contributed by atoms with Crippen LogP contribution in [-0.2, 0) is 11.3 Å². The minimum atomic E-state index is 0.121. The van der Waals surface area contributed by atoms with Crippen molar-refractivity contribution in [3.05, 3.63) is 36.0 Å². The average molecular weight is 287 g/mol. The van der Waals surface area contributed by atoms with Crippen LogP contribution in [0.5, 0.6) is 5.75 Å². The third-order valence-electron chi connectivity index (χ3n) is 3.28. The van der Waals surface area contributed by atoms with E-state index in [-0.39, 0.29) is 5.91 Å². The highest BCUT2D eigenvalue weighted by Crippen LogP contribution is 2.23. The molecule has 1 amide bonds. The molecular formula is C16H21N3O2. The van der Waals surface area contributed by atoms with Gasteiger partial charge in [0.25, 0.3) is 0 Å². The van der Waals surface area contributed by atoms with E-state index in [1.807, 2.05) is 30.3 Å². The predicted molar refractivity (Wildman–Crippen MR) is 83.3 cm³/mol. The van der Waals surface area contributed by atoms with Crippen molar-refractivity contribution in [3.8, 4) is 5.75 Å². The zero-order valence-electron chi connectivity index (χ0n) is 12.7. The molecule has 0 aliphatic carbocycles. The van der Waals surface area contributed by atoms with Crippen LogP contribution in [0, 0.1) is 0 Å². The van der Waals surface area contributed by atoms with Crippen molar-refractivity contribution >= 4 is 16.8 Å². The zero-order chi connectivity index (χ0) is 15.2. The number of ether oxygens (including phenoxy) is 1. The first-order chi connectivity index (χ1) is 10.1. The van der Waals surface area contributed by atoms with Gasteiger partial charge in [-0.3, -0.25) is 4.79 Å². The van der Waals surface area contributed by atoms with Crippen molar-refractivity contribution in [1.82, 2.24) is 15.2 Å². The Bertz CT molecular complexity index is 626. The zero-order valence-corrected chi connectivity index (χ0v) is 12.7. The summed E-state index contributed by atoms with van der Waals surface area (Å²) in [6, 6.07) is 9.89. The molecule has 5 nitrogen and oxygen atoms in total. The maximum atomic E-state index is 11.5. The van der Waals surface area contributed by atoms with Crippen LogP contribution in [0.3, 0.4) is 0 Å². The summed E-state index contributed by atoms with van der Waals surface area (Å²) in [5, 5.41) is 4.30. The molecule has 0 bridgehead atoms. The summed E-state index contributed by atoms with van der Waals surface area (Å²) < 4.78 is 5.33. The predicted octanol–water partition coefficient (Wildman–Crippen LogP) is 1.81. The van der Waals surface area contributed by atoms with Gasteiger partial charge in [-0.25, -0.2) is 4.98 Å². The first-order valence-electron chi connectivity index (χ1n) is 6.95. The number of carbonyl (C=O) groups excluding carboxylic acids is 1. The average Bonchev–Trinajstić information content (AvgIpc) is 2.50. The number of rotatable bonds is 6. The molecule has 21 heavy (non-hydrogen) atoms. The van der Waals surface area contributed by atoms with Crippen LogP contribution < -0.4 is 10.1 Å². The van der Waals surface area contributed by atoms with E-state index in [0.717, 1.165) is 22.3 Å². The summed E-state index contributed by atoms with van der Waals surface area (Å²) >= 11 is 0. The molecule has 0 fully saturated rings. The van der Waals surface area contributed by atoms with Gasteiger partial charge in [-0.2, -0.15) is 0 Å². The van der Waals surface area contributed by atoms with Gasteiger partial charge in [0.15, 0.2) is 0 Å². The van der Waals surface area contributed by atoms with Crippen molar-refractivity contribution in [3.63, 3.8) is 0 Å². The first kappa shape index (κ1) is 15.3. The van der Waals surface area contributed by atoms with Gasteiger partial charge in [0.2, 0.25) is 5.91 Å². The van der Waals surface area contributed by atoms with Crippen LogP contribution in [0.4, 0.5) is 0 Å². The molecule has 0 saturated carbocycles. The fourth-order valence-electron chi connectivity index (χ4n) is 2.06. The highest BCUT2D eigenvalue weighted by atomic mass is 16.5. The summed E-state index contributed by atoms with van der Waals surface area (Å²) in [7, 11) is 5.17. The Hall–Kier alpha value is -2.14. The minimum Gasteiger partial charge on any atom is -0.494 e. The second-order valence-electron chi connectivity index (χ2n) is 5.05. The number of nitrogens with zero attached hydrogens (tertiary/aromatic N) is 2.